The van der Waals surface area contributed by atoms with Gasteiger partial charge in [-0.25, -0.2) is 23.1 Å². The zero-order valence-corrected chi connectivity index (χ0v) is 22.4. The van der Waals surface area contributed by atoms with Gasteiger partial charge < -0.3 is 26.0 Å². The predicted molar refractivity (Wildman–Crippen MR) is 140 cm³/mol. The standard InChI is InChI=1S/C23H24ClN5O7S2/c1-23(2)17(21(32)33)29-19(31)16(20(29)37-23)27-18(30)15(11-6-4-3-5-7-11)28-22(34)26-14-9-8-12(10-13(14)24)38(25,35)36/h3-10,15-17,20H,1-2H3,(H,27,30)(H,32,33)(H2,25,35,36)(H2,26,28,34)/t15-,16-,17+,20-/m1/s1. The van der Waals surface area contributed by atoms with Gasteiger partial charge >= 0.3 is 12.0 Å². The van der Waals surface area contributed by atoms with Gasteiger partial charge in [-0.1, -0.05) is 41.9 Å². The highest BCUT2D eigenvalue weighted by Gasteiger charge is 2.64. The van der Waals surface area contributed by atoms with Crippen molar-refractivity contribution in [2.24, 2.45) is 5.14 Å². The number of benzene rings is 2. The molecule has 15 heteroatoms. The average Bonchev–Trinajstić information content (AvgIpc) is 3.10. The summed E-state index contributed by atoms with van der Waals surface area (Å²) in [5.74, 6) is -2.33. The Kier molecular flexibility index (Phi) is 7.36. The number of sulfonamides is 1. The first kappa shape index (κ1) is 27.7. The highest BCUT2D eigenvalue weighted by molar-refractivity contribution is 8.01. The molecule has 2 heterocycles. The number of thioether (sulfide) groups is 1. The normalized spacial score (nSPS) is 22.6. The van der Waals surface area contributed by atoms with Crippen LogP contribution in [0, 0.1) is 0 Å². The largest absolute Gasteiger partial charge is 0.480 e. The molecule has 0 bridgehead atoms. The number of β-lactam (4-membered cyclic amide) rings is 1. The number of primary sulfonamides is 1. The molecule has 12 nitrogen and oxygen atoms in total. The van der Waals surface area contributed by atoms with E-state index in [1.807, 2.05) is 0 Å². The number of amides is 4. The van der Waals surface area contributed by atoms with Crippen LogP contribution >= 0.6 is 23.4 Å². The number of hydrogen-bond donors (Lipinski definition) is 5. The molecule has 202 valence electrons. The van der Waals surface area contributed by atoms with Crippen molar-refractivity contribution in [2.75, 3.05) is 5.32 Å². The highest BCUT2D eigenvalue weighted by atomic mass is 35.5. The van der Waals surface area contributed by atoms with Crippen LogP contribution in [0.5, 0.6) is 0 Å². The molecule has 4 amide bonds. The van der Waals surface area contributed by atoms with Crippen molar-refractivity contribution >= 4 is 62.9 Å². The Morgan fingerprint density at radius 3 is 2.39 bits per heavy atom. The Labute approximate surface area is 227 Å². The first-order valence-electron chi connectivity index (χ1n) is 11.2. The number of nitrogens with zero attached hydrogens (tertiary/aromatic N) is 1. The molecule has 0 aliphatic carbocycles. The third-order valence-corrected chi connectivity index (χ3v) is 8.96. The fourth-order valence-corrected chi connectivity index (χ4v) is 6.85. The van der Waals surface area contributed by atoms with E-state index in [0.29, 0.717) is 5.56 Å². The van der Waals surface area contributed by atoms with Crippen molar-refractivity contribution in [1.82, 2.24) is 15.5 Å². The quantitative estimate of drug-likeness (QED) is 0.304. The van der Waals surface area contributed by atoms with Crippen molar-refractivity contribution in [3.63, 3.8) is 0 Å². The number of carboxylic acid groups (broad SMARTS) is 1. The molecule has 2 aromatic rings. The summed E-state index contributed by atoms with van der Waals surface area (Å²) in [7, 11) is -4.00. The molecule has 2 aliphatic heterocycles. The van der Waals surface area contributed by atoms with E-state index in [0.717, 1.165) is 12.1 Å². The van der Waals surface area contributed by atoms with E-state index in [4.69, 9.17) is 16.7 Å². The number of aliphatic carboxylic acids is 1. The van der Waals surface area contributed by atoms with E-state index in [1.165, 1.54) is 22.7 Å². The molecule has 0 radical (unpaired) electrons. The van der Waals surface area contributed by atoms with Gasteiger partial charge in [0, 0.05) is 4.75 Å². The number of nitrogens with one attached hydrogen (secondary N) is 3. The van der Waals surface area contributed by atoms with Gasteiger partial charge in [-0.05, 0) is 37.6 Å². The molecule has 0 aromatic heterocycles. The number of hydrogen-bond acceptors (Lipinski definition) is 7. The van der Waals surface area contributed by atoms with Gasteiger partial charge in [0.05, 0.1) is 15.6 Å². The van der Waals surface area contributed by atoms with Crippen LogP contribution in [0.3, 0.4) is 0 Å². The van der Waals surface area contributed by atoms with Gasteiger partial charge in [0.1, 0.15) is 23.5 Å². The van der Waals surface area contributed by atoms with Crippen LogP contribution in [0.2, 0.25) is 5.02 Å². The van der Waals surface area contributed by atoms with Crippen LogP contribution in [0.4, 0.5) is 10.5 Å². The monoisotopic (exact) mass is 581 g/mol. The lowest BCUT2D eigenvalue weighted by Gasteiger charge is -2.44. The lowest BCUT2D eigenvalue weighted by atomic mass is 9.95. The zero-order valence-electron chi connectivity index (χ0n) is 20.0. The van der Waals surface area contributed by atoms with Crippen LogP contribution in [0.1, 0.15) is 25.5 Å². The third kappa shape index (κ3) is 5.29. The molecule has 4 atom stereocenters. The lowest BCUT2D eigenvalue weighted by molar-refractivity contribution is -0.161. The molecule has 6 N–H and O–H groups in total. The summed E-state index contributed by atoms with van der Waals surface area (Å²) in [4.78, 5) is 51.7. The number of carbonyl (C=O) groups is 4. The SMILES string of the molecule is CC1(C)S[C@@H]2[C@H](NC(=O)[C@H](NC(=O)Nc3ccc(S(N)(=O)=O)cc3Cl)c3ccccc3)C(=O)N2[C@H]1C(=O)O. The summed E-state index contributed by atoms with van der Waals surface area (Å²) in [5.41, 5.74) is 0.486. The highest BCUT2D eigenvalue weighted by Crippen LogP contribution is 2.50. The summed E-state index contributed by atoms with van der Waals surface area (Å²) in [5, 5.41) is 21.7. The number of nitrogens with two attached hydrogens (primary N) is 1. The summed E-state index contributed by atoms with van der Waals surface area (Å²) < 4.78 is 22.3. The molecule has 0 spiro atoms. The van der Waals surface area contributed by atoms with Crippen LogP contribution in [0.25, 0.3) is 0 Å². The van der Waals surface area contributed by atoms with Gasteiger partial charge in [0.25, 0.3) is 0 Å². The minimum absolute atomic E-state index is 0.0675. The molecular weight excluding hydrogens is 558 g/mol. The second kappa shape index (κ2) is 10.1. The molecule has 38 heavy (non-hydrogen) atoms. The molecule has 2 aliphatic rings. The average molecular weight is 582 g/mol. The summed E-state index contributed by atoms with van der Waals surface area (Å²) in [6.07, 6.45) is 0. The fraction of sp³-hybridized carbons (Fsp3) is 0.304. The second-order valence-electron chi connectivity index (χ2n) is 9.21. The smallest absolute Gasteiger partial charge is 0.327 e. The minimum Gasteiger partial charge on any atom is -0.480 e. The van der Waals surface area contributed by atoms with Crippen molar-refractivity contribution in [1.29, 1.82) is 0 Å². The fourth-order valence-electron chi connectivity index (χ4n) is 4.39. The van der Waals surface area contributed by atoms with Gasteiger partial charge in [0.15, 0.2) is 0 Å². The minimum atomic E-state index is -4.00. The third-order valence-electron chi connectivity index (χ3n) is 6.16. The molecular formula is C23H24ClN5O7S2. The number of urea groups is 1. The molecule has 0 unspecified atom stereocenters. The van der Waals surface area contributed by atoms with Gasteiger partial charge in [-0.2, -0.15) is 0 Å². The first-order chi connectivity index (χ1) is 17.7. The number of fused-ring (bicyclic) bond motifs is 1. The number of carbonyl (C=O) groups excluding carboxylic acids is 3. The molecule has 2 aromatic carbocycles. The van der Waals surface area contributed by atoms with E-state index in [1.54, 1.807) is 44.2 Å². The summed E-state index contributed by atoms with van der Waals surface area (Å²) >= 11 is 7.37. The maximum absolute atomic E-state index is 13.3. The number of carboxylic acids is 1. The van der Waals surface area contributed by atoms with Crippen LogP contribution in [-0.4, -0.2) is 64.4 Å². The first-order valence-corrected chi connectivity index (χ1v) is 14.0. The van der Waals surface area contributed by atoms with Gasteiger partial charge in [-0.15, -0.1) is 11.8 Å². The Balaban J connectivity index is 1.50. The van der Waals surface area contributed by atoms with Crippen LogP contribution < -0.4 is 21.1 Å². The van der Waals surface area contributed by atoms with E-state index in [2.05, 4.69) is 16.0 Å². The van der Waals surface area contributed by atoms with E-state index in [-0.39, 0.29) is 15.6 Å². The topological polar surface area (TPSA) is 188 Å². The maximum Gasteiger partial charge on any atom is 0.327 e. The Bertz CT molecular complexity index is 1420. The molecule has 0 saturated carbocycles. The van der Waals surface area contributed by atoms with Gasteiger partial charge in [-0.3, -0.25) is 9.59 Å². The summed E-state index contributed by atoms with van der Waals surface area (Å²) in [6.45, 7) is 3.44. The number of rotatable bonds is 7. The van der Waals surface area contributed by atoms with E-state index in [9.17, 15) is 32.7 Å². The molecule has 2 fully saturated rings. The van der Waals surface area contributed by atoms with Crippen LogP contribution in [0.15, 0.2) is 53.4 Å². The van der Waals surface area contributed by atoms with Crippen molar-refractivity contribution < 1.29 is 32.7 Å². The number of halogens is 1. The van der Waals surface area contributed by atoms with E-state index < -0.39 is 62.1 Å². The zero-order chi connectivity index (χ0) is 28.0. The Morgan fingerprint density at radius 2 is 1.82 bits per heavy atom. The molecule has 2 saturated heterocycles. The maximum atomic E-state index is 13.3. The van der Waals surface area contributed by atoms with Crippen molar-refractivity contribution in [3.8, 4) is 0 Å². The second-order valence-corrected chi connectivity index (χ2v) is 13.0. The van der Waals surface area contributed by atoms with E-state index >= 15 is 0 Å². The Morgan fingerprint density at radius 1 is 1.16 bits per heavy atom. The summed E-state index contributed by atoms with van der Waals surface area (Å²) in [6, 6.07) is 7.72. The van der Waals surface area contributed by atoms with Crippen molar-refractivity contribution in [2.45, 2.75) is 47.0 Å². The molecule has 4 rings (SSSR count). The number of anilines is 1. The predicted octanol–water partition coefficient (Wildman–Crippen LogP) is 1.48. The Hall–Kier alpha value is -3.33. The van der Waals surface area contributed by atoms with Gasteiger partial charge in [0.2, 0.25) is 21.8 Å². The van der Waals surface area contributed by atoms with Crippen LogP contribution in [-0.2, 0) is 24.4 Å². The van der Waals surface area contributed by atoms with Crippen molar-refractivity contribution in [3.05, 3.63) is 59.1 Å². The lowest BCUT2D eigenvalue weighted by Crippen LogP contribution is -2.71.